The van der Waals surface area contributed by atoms with Gasteiger partial charge in [-0.05, 0) is 41.5 Å². The standard InChI is InChI=1S/C28H20O5/c1-31-21-11-13-23-24-14-12-22(16-27(24)33-28(30)25(23)15-21)32-17-26(29)20-9-7-19(8-10-20)18-5-3-2-4-6-18/h2-16H,17H2,1H3. The van der Waals surface area contributed by atoms with Crippen molar-refractivity contribution in [3.63, 3.8) is 0 Å². The van der Waals surface area contributed by atoms with Crippen LogP contribution in [0.2, 0.25) is 0 Å². The van der Waals surface area contributed by atoms with Crippen molar-refractivity contribution in [2.75, 3.05) is 13.7 Å². The summed E-state index contributed by atoms with van der Waals surface area (Å²) in [5.74, 6) is 0.902. The quantitative estimate of drug-likeness (QED) is 0.189. The lowest BCUT2D eigenvalue weighted by Crippen LogP contribution is -2.11. The van der Waals surface area contributed by atoms with Gasteiger partial charge in [0.15, 0.2) is 12.4 Å². The Labute approximate surface area is 189 Å². The molecule has 4 aromatic carbocycles. The predicted molar refractivity (Wildman–Crippen MR) is 128 cm³/mol. The topological polar surface area (TPSA) is 65.7 Å². The largest absolute Gasteiger partial charge is 0.497 e. The highest BCUT2D eigenvalue weighted by atomic mass is 16.5. The number of ether oxygens (including phenoxy) is 2. The molecule has 5 nitrogen and oxygen atoms in total. The first-order valence-corrected chi connectivity index (χ1v) is 10.5. The molecule has 0 amide bonds. The second-order valence-electron chi connectivity index (χ2n) is 7.61. The molecule has 5 rings (SSSR count). The van der Waals surface area contributed by atoms with Gasteiger partial charge in [-0.25, -0.2) is 4.79 Å². The minimum Gasteiger partial charge on any atom is -0.497 e. The summed E-state index contributed by atoms with van der Waals surface area (Å²) in [7, 11) is 1.55. The molecule has 0 saturated heterocycles. The molecule has 0 aliphatic rings. The zero-order chi connectivity index (χ0) is 22.8. The fourth-order valence-electron chi connectivity index (χ4n) is 3.82. The maximum Gasteiger partial charge on any atom is 0.344 e. The van der Waals surface area contributed by atoms with Crippen molar-refractivity contribution in [3.8, 4) is 22.6 Å². The number of Topliss-reactive ketones (excluding diaryl/α,β-unsaturated/α-hetero) is 1. The van der Waals surface area contributed by atoms with E-state index in [1.807, 2.05) is 54.6 Å². The van der Waals surface area contributed by atoms with Gasteiger partial charge in [0, 0.05) is 22.4 Å². The number of ketones is 1. The highest BCUT2D eigenvalue weighted by Crippen LogP contribution is 2.28. The van der Waals surface area contributed by atoms with Crippen LogP contribution >= 0.6 is 0 Å². The lowest BCUT2D eigenvalue weighted by atomic mass is 10.0. The summed E-state index contributed by atoms with van der Waals surface area (Å²) in [5.41, 5.74) is 2.65. The molecule has 0 unspecified atom stereocenters. The van der Waals surface area contributed by atoms with Gasteiger partial charge in [-0.3, -0.25) is 4.79 Å². The molecule has 1 aromatic heterocycles. The van der Waals surface area contributed by atoms with Crippen LogP contribution in [0.5, 0.6) is 11.5 Å². The molecule has 0 aliphatic heterocycles. The molecule has 0 atom stereocenters. The molecule has 0 N–H and O–H groups in total. The van der Waals surface area contributed by atoms with E-state index in [1.54, 1.807) is 43.5 Å². The molecule has 5 heteroatoms. The summed E-state index contributed by atoms with van der Waals surface area (Å²) in [6, 6.07) is 27.9. The highest BCUT2D eigenvalue weighted by Gasteiger charge is 2.11. The molecule has 0 spiro atoms. The Balaban J connectivity index is 1.34. The van der Waals surface area contributed by atoms with E-state index in [4.69, 9.17) is 13.9 Å². The first-order chi connectivity index (χ1) is 16.1. The van der Waals surface area contributed by atoms with Gasteiger partial charge in [0.25, 0.3) is 0 Å². The van der Waals surface area contributed by atoms with Crippen molar-refractivity contribution in [2.24, 2.45) is 0 Å². The molecule has 1 heterocycles. The highest BCUT2D eigenvalue weighted by molar-refractivity contribution is 6.05. The zero-order valence-electron chi connectivity index (χ0n) is 17.9. The average molecular weight is 436 g/mol. The van der Waals surface area contributed by atoms with E-state index < -0.39 is 5.63 Å². The number of fused-ring (bicyclic) bond motifs is 3. The van der Waals surface area contributed by atoms with Crippen LogP contribution in [0.1, 0.15) is 10.4 Å². The lowest BCUT2D eigenvalue weighted by molar-refractivity contribution is 0.0921. The van der Waals surface area contributed by atoms with E-state index in [9.17, 15) is 9.59 Å². The van der Waals surface area contributed by atoms with Gasteiger partial charge < -0.3 is 13.9 Å². The number of benzene rings is 4. The van der Waals surface area contributed by atoms with Gasteiger partial charge in [-0.15, -0.1) is 0 Å². The monoisotopic (exact) mass is 436 g/mol. The van der Waals surface area contributed by atoms with Gasteiger partial charge in [0.2, 0.25) is 0 Å². The minimum atomic E-state index is -0.455. The number of carbonyl (C=O) groups excluding carboxylic acids is 1. The Morgan fingerprint density at radius 2 is 1.45 bits per heavy atom. The summed E-state index contributed by atoms with van der Waals surface area (Å²) in [6.07, 6.45) is 0. The molecule has 0 aliphatic carbocycles. The Morgan fingerprint density at radius 1 is 0.758 bits per heavy atom. The molecule has 5 aromatic rings. The SMILES string of the molecule is COc1ccc2c(c1)c(=O)oc1cc(OCC(=O)c3ccc(-c4ccccc4)cc3)ccc12. The lowest BCUT2D eigenvalue weighted by Gasteiger charge is -2.09. The van der Waals surface area contributed by atoms with Crippen molar-refractivity contribution in [1.29, 1.82) is 0 Å². The van der Waals surface area contributed by atoms with Crippen molar-refractivity contribution in [2.45, 2.75) is 0 Å². The van der Waals surface area contributed by atoms with Gasteiger partial charge in [-0.2, -0.15) is 0 Å². The third kappa shape index (κ3) is 4.08. The van der Waals surface area contributed by atoms with E-state index in [-0.39, 0.29) is 12.4 Å². The summed E-state index contributed by atoms with van der Waals surface area (Å²) in [6.45, 7) is -0.120. The smallest absolute Gasteiger partial charge is 0.344 e. The Bertz CT molecular complexity index is 1520. The summed E-state index contributed by atoms with van der Waals surface area (Å²) in [5, 5.41) is 2.00. The molecule has 0 saturated carbocycles. The van der Waals surface area contributed by atoms with Crippen molar-refractivity contribution in [1.82, 2.24) is 0 Å². The van der Waals surface area contributed by atoms with E-state index in [2.05, 4.69) is 0 Å². The first-order valence-electron chi connectivity index (χ1n) is 10.5. The average Bonchev–Trinajstić information content (AvgIpc) is 2.87. The molecule has 0 radical (unpaired) electrons. The fourth-order valence-corrected chi connectivity index (χ4v) is 3.82. The second kappa shape index (κ2) is 8.63. The Hall–Kier alpha value is -4.38. The Morgan fingerprint density at radius 3 is 2.21 bits per heavy atom. The third-order valence-corrected chi connectivity index (χ3v) is 5.58. The van der Waals surface area contributed by atoms with Crippen LogP contribution in [0.4, 0.5) is 0 Å². The van der Waals surface area contributed by atoms with Crippen LogP contribution in [0, 0.1) is 0 Å². The van der Waals surface area contributed by atoms with Gasteiger partial charge in [0.05, 0.1) is 12.5 Å². The molecule has 33 heavy (non-hydrogen) atoms. The number of hydrogen-bond donors (Lipinski definition) is 0. The van der Waals surface area contributed by atoms with Crippen LogP contribution in [0.15, 0.2) is 100 Å². The molecule has 162 valence electrons. The Kier molecular flexibility index (Phi) is 5.37. The summed E-state index contributed by atoms with van der Waals surface area (Å²) < 4.78 is 16.4. The fraction of sp³-hybridized carbons (Fsp3) is 0.0714. The maximum absolute atomic E-state index is 12.6. The molecular weight excluding hydrogens is 416 g/mol. The second-order valence-corrected chi connectivity index (χ2v) is 7.61. The van der Waals surface area contributed by atoms with E-state index in [0.717, 1.165) is 21.9 Å². The summed E-state index contributed by atoms with van der Waals surface area (Å²) in [4.78, 5) is 25.0. The van der Waals surface area contributed by atoms with E-state index in [1.165, 1.54) is 0 Å². The first kappa shape index (κ1) is 20.5. The summed E-state index contributed by atoms with van der Waals surface area (Å²) >= 11 is 0. The maximum atomic E-state index is 12.6. The van der Waals surface area contributed by atoms with E-state index >= 15 is 0 Å². The van der Waals surface area contributed by atoms with Crippen LogP contribution in [0.3, 0.4) is 0 Å². The van der Waals surface area contributed by atoms with Crippen molar-refractivity contribution < 1.29 is 18.7 Å². The van der Waals surface area contributed by atoms with Gasteiger partial charge in [0.1, 0.15) is 17.1 Å². The van der Waals surface area contributed by atoms with Crippen LogP contribution in [-0.4, -0.2) is 19.5 Å². The number of carbonyl (C=O) groups is 1. The minimum absolute atomic E-state index is 0.120. The normalized spacial score (nSPS) is 10.9. The number of methoxy groups -OCH3 is 1. The van der Waals surface area contributed by atoms with Crippen LogP contribution < -0.4 is 15.1 Å². The van der Waals surface area contributed by atoms with Crippen LogP contribution in [-0.2, 0) is 0 Å². The number of hydrogen-bond acceptors (Lipinski definition) is 5. The van der Waals surface area contributed by atoms with Crippen LogP contribution in [0.25, 0.3) is 32.9 Å². The third-order valence-electron chi connectivity index (χ3n) is 5.58. The zero-order valence-corrected chi connectivity index (χ0v) is 17.9. The molecule has 0 fully saturated rings. The van der Waals surface area contributed by atoms with Gasteiger partial charge >= 0.3 is 5.63 Å². The van der Waals surface area contributed by atoms with E-state index in [0.29, 0.717) is 28.0 Å². The predicted octanol–water partition coefficient (Wildman–Crippen LogP) is 5.88. The van der Waals surface area contributed by atoms with Crippen molar-refractivity contribution in [3.05, 3.63) is 107 Å². The number of rotatable bonds is 6. The molecule has 0 bridgehead atoms. The van der Waals surface area contributed by atoms with Crippen molar-refractivity contribution >= 4 is 27.5 Å². The molecular formula is C28H20O5. The van der Waals surface area contributed by atoms with Gasteiger partial charge in [-0.1, -0.05) is 54.6 Å².